The lowest BCUT2D eigenvalue weighted by Gasteiger charge is -2.05. The third-order valence-electron chi connectivity index (χ3n) is 2.70. The minimum atomic E-state index is -0.445. The summed E-state index contributed by atoms with van der Waals surface area (Å²) in [5.41, 5.74) is 6.79. The van der Waals surface area contributed by atoms with Crippen molar-refractivity contribution in [2.75, 3.05) is 11.1 Å². The molecule has 0 fully saturated rings. The number of nitrogens with zero attached hydrogens (tertiary/aromatic N) is 1. The van der Waals surface area contributed by atoms with Gasteiger partial charge in [0, 0.05) is 11.8 Å². The summed E-state index contributed by atoms with van der Waals surface area (Å²) in [6.45, 7) is 2.06. The standard InChI is InChI=1S/C13H16N4O2/c1-2-4-8-7-11(17-16-8)15-13(19)9-5-3-6-10(14)12(9)18/h3,5-7,18H,2,4,14H2,1H3,(H2,15,16,17,19). The first-order valence-corrected chi connectivity index (χ1v) is 6.05. The number of nitrogen functional groups attached to an aromatic ring is 1. The molecule has 1 heterocycles. The van der Waals surface area contributed by atoms with Crippen molar-refractivity contribution in [3.05, 3.63) is 35.5 Å². The second-order valence-corrected chi connectivity index (χ2v) is 4.23. The van der Waals surface area contributed by atoms with E-state index < -0.39 is 5.91 Å². The van der Waals surface area contributed by atoms with E-state index in [0.717, 1.165) is 18.5 Å². The van der Waals surface area contributed by atoms with Crippen molar-refractivity contribution < 1.29 is 9.90 Å². The summed E-state index contributed by atoms with van der Waals surface area (Å²) in [5, 5.41) is 19.1. The van der Waals surface area contributed by atoms with Crippen LogP contribution in [0.2, 0.25) is 0 Å². The summed E-state index contributed by atoms with van der Waals surface area (Å²) < 4.78 is 0. The molecule has 6 nitrogen and oxygen atoms in total. The first-order chi connectivity index (χ1) is 9.11. The van der Waals surface area contributed by atoms with Crippen LogP contribution in [-0.2, 0) is 6.42 Å². The van der Waals surface area contributed by atoms with Gasteiger partial charge in [-0.25, -0.2) is 0 Å². The molecule has 0 atom stereocenters. The molecule has 0 spiro atoms. The van der Waals surface area contributed by atoms with Crippen molar-refractivity contribution in [3.63, 3.8) is 0 Å². The summed E-state index contributed by atoms with van der Waals surface area (Å²) in [7, 11) is 0. The van der Waals surface area contributed by atoms with Gasteiger partial charge in [-0.1, -0.05) is 19.4 Å². The number of nitrogens with one attached hydrogen (secondary N) is 2. The fraction of sp³-hybridized carbons (Fsp3) is 0.231. The van der Waals surface area contributed by atoms with Gasteiger partial charge in [-0.2, -0.15) is 5.10 Å². The first kappa shape index (κ1) is 12.9. The number of phenols is 1. The highest BCUT2D eigenvalue weighted by Gasteiger charge is 2.14. The molecule has 1 amide bonds. The van der Waals surface area contributed by atoms with Gasteiger partial charge < -0.3 is 16.2 Å². The number of amides is 1. The van der Waals surface area contributed by atoms with E-state index >= 15 is 0 Å². The van der Waals surface area contributed by atoms with Crippen molar-refractivity contribution in [2.45, 2.75) is 19.8 Å². The number of carbonyl (C=O) groups is 1. The molecule has 0 aliphatic carbocycles. The van der Waals surface area contributed by atoms with Gasteiger partial charge in [-0.3, -0.25) is 9.89 Å². The first-order valence-electron chi connectivity index (χ1n) is 6.05. The highest BCUT2D eigenvalue weighted by molar-refractivity contribution is 6.06. The zero-order valence-corrected chi connectivity index (χ0v) is 10.6. The van der Waals surface area contributed by atoms with Crippen molar-refractivity contribution in [1.82, 2.24) is 10.2 Å². The number of carbonyl (C=O) groups excluding carboxylic acids is 1. The molecule has 2 aromatic rings. The monoisotopic (exact) mass is 260 g/mol. The van der Waals surface area contributed by atoms with Crippen LogP contribution >= 0.6 is 0 Å². The number of aromatic nitrogens is 2. The zero-order chi connectivity index (χ0) is 13.8. The average molecular weight is 260 g/mol. The zero-order valence-electron chi connectivity index (χ0n) is 10.6. The highest BCUT2D eigenvalue weighted by Crippen LogP contribution is 2.25. The van der Waals surface area contributed by atoms with Crippen LogP contribution in [0.25, 0.3) is 0 Å². The summed E-state index contributed by atoms with van der Waals surface area (Å²) in [6, 6.07) is 6.41. The van der Waals surface area contributed by atoms with E-state index in [0.29, 0.717) is 5.82 Å². The number of rotatable bonds is 4. The van der Waals surface area contributed by atoms with Crippen molar-refractivity contribution in [2.24, 2.45) is 0 Å². The van der Waals surface area contributed by atoms with Gasteiger partial charge in [0.2, 0.25) is 0 Å². The number of anilines is 2. The third kappa shape index (κ3) is 2.85. The number of benzene rings is 1. The van der Waals surface area contributed by atoms with E-state index in [1.165, 1.54) is 12.1 Å². The number of phenolic OH excluding ortho intramolecular Hbond substituents is 1. The number of aromatic amines is 1. The van der Waals surface area contributed by atoms with Crippen molar-refractivity contribution in [3.8, 4) is 5.75 Å². The largest absolute Gasteiger partial charge is 0.505 e. The molecule has 0 aliphatic rings. The lowest BCUT2D eigenvalue weighted by Crippen LogP contribution is -2.12. The fourth-order valence-corrected chi connectivity index (χ4v) is 1.75. The number of aromatic hydroxyl groups is 1. The number of hydrogen-bond donors (Lipinski definition) is 4. The minimum absolute atomic E-state index is 0.125. The average Bonchev–Trinajstić information content (AvgIpc) is 2.80. The van der Waals surface area contributed by atoms with Gasteiger partial charge in [0.05, 0.1) is 11.3 Å². The molecule has 0 saturated heterocycles. The molecule has 0 saturated carbocycles. The summed E-state index contributed by atoms with van der Waals surface area (Å²) in [6.07, 6.45) is 1.86. The fourth-order valence-electron chi connectivity index (χ4n) is 1.75. The maximum Gasteiger partial charge on any atom is 0.260 e. The molecule has 0 bridgehead atoms. The molecule has 2 rings (SSSR count). The van der Waals surface area contributed by atoms with Crippen LogP contribution in [0.15, 0.2) is 24.3 Å². The van der Waals surface area contributed by atoms with Crippen LogP contribution in [0.4, 0.5) is 11.5 Å². The van der Waals surface area contributed by atoms with Gasteiger partial charge in [0.1, 0.15) is 0 Å². The van der Waals surface area contributed by atoms with E-state index in [9.17, 15) is 9.90 Å². The second kappa shape index (κ2) is 5.43. The minimum Gasteiger partial charge on any atom is -0.505 e. The van der Waals surface area contributed by atoms with Gasteiger partial charge in [0.15, 0.2) is 11.6 Å². The van der Waals surface area contributed by atoms with Crippen molar-refractivity contribution >= 4 is 17.4 Å². The Hall–Kier alpha value is -2.50. The lowest BCUT2D eigenvalue weighted by molar-refractivity contribution is 0.102. The Balaban J connectivity index is 2.14. The van der Waals surface area contributed by atoms with Crippen LogP contribution < -0.4 is 11.1 Å². The molecule has 1 aromatic carbocycles. The SMILES string of the molecule is CCCc1cc(NC(=O)c2cccc(N)c2O)n[nH]1. The van der Waals surface area contributed by atoms with Gasteiger partial charge >= 0.3 is 0 Å². The number of nitrogens with two attached hydrogens (primary N) is 1. The third-order valence-corrected chi connectivity index (χ3v) is 2.70. The smallest absolute Gasteiger partial charge is 0.260 e. The Bertz CT molecular complexity index is 592. The van der Waals surface area contributed by atoms with E-state index in [-0.39, 0.29) is 17.0 Å². The molecule has 0 unspecified atom stereocenters. The number of para-hydroxylation sites is 1. The maximum atomic E-state index is 12.0. The highest BCUT2D eigenvalue weighted by atomic mass is 16.3. The van der Waals surface area contributed by atoms with E-state index in [1.54, 1.807) is 12.1 Å². The second-order valence-electron chi connectivity index (χ2n) is 4.23. The molecule has 100 valence electrons. The van der Waals surface area contributed by atoms with Crippen LogP contribution in [0.3, 0.4) is 0 Å². The van der Waals surface area contributed by atoms with E-state index in [1.807, 2.05) is 0 Å². The van der Waals surface area contributed by atoms with Gasteiger partial charge in [0.25, 0.3) is 5.91 Å². The predicted molar refractivity (Wildman–Crippen MR) is 73.1 cm³/mol. The molecule has 0 radical (unpaired) electrons. The summed E-state index contributed by atoms with van der Waals surface area (Å²) in [4.78, 5) is 12.0. The molecule has 5 N–H and O–H groups in total. The van der Waals surface area contributed by atoms with E-state index in [4.69, 9.17) is 5.73 Å². The number of aryl methyl sites for hydroxylation is 1. The van der Waals surface area contributed by atoms with Crippen LogP contribution in [0, 0.1) is 0 Å². The van der Waals surface area contributed by atoms with Crippen molar-refractivity contribution in [1.29, 1.82) is 0 Å². The molecule has 6 heteroatoms. The number of H-pyrrole nitrogens is 1. The Labute approximate surface area is 110 Å². The van der Waals surface area contributed by atoms with Crippen LogP contribution in [0.1, 0.15) is 29.4 Å². The Morgan fingerprint density at radius 3 is 3.05 bits per heavy atom. The quantitative estimate of drug-likeness (QED) is 0.498. The summed E-state index contributed by atoms with van der Waals surface area (Å²) in [5.74, 6) is -0.237. The Kier molecular flexibility index (Phi) is 3.70. The van der Waals surface area contributed by atoms with Gasteiger partial charge in [-0.05, 0) is 18.6 Å². The Morgan fingerprint density at radius 2 is 2.32 bits per heavy atom. The Morgan fingerprint density at radius 1 is 1.53 bits per heavy atom. The maximum absolute atomic E-state index is 12.0. The molecule has 0 aliphatic heterocycles. The molecule has 19 heavy (non-hydrogen) atoms. The molecular formula is C13H16N4O2. The van der Waals surface area contributed by atoms with Crippen LogP contribution in [0.5, 0.6) is 5.75 Å². The summed E-state index contributed by atoms with van der Waals surface area (Å²) >= 11 is 0. The topological polar surface area (TPSA) is 104 Å². The number of hydrogen-bond acceptors (Lipinski definition) is 4. The molecular weight excluding hydrogens is 244 g/mol. The molecule has 1 aromatic heterocycles. The van der Waals surface area contributed by atoms with E-state index in [2.05, 4.69) is 22.4 Å². The van der Waals surface area contributed by atoms with Crippen LogP contribution in [-0.4, -0.2) is 21.2 Å². The van der Waals surface area contributed by atoms with Gasteiger partial charge in [-0.15, -0.1) is 0 Å². The lowest BCUT2D eigenvalue weighted by atomic mass is 10.1. The normalized spacial score (nSPS) is 10.4. The predicted octanol–water partition coefficient (Wildman–Crippen LogP) is 1.90.